The molecule has 0 aliphatic carbocycles. The lowest BCUT2D eigenvalue weighted by molar-refractivity contribution is 0.284. The summed E-state index contributed by atoms with van der Waals surface area (Å²) in [5, 5.41) is 5.47. The van der Waals surface area contributed by atoms with Gasteiger partial charge in [-0.15, -0.1) is 0 Å². The number of ether oxygens (including phenoxy) is 3. The van der Waals surface area contributed by atoms with E-state index in [1.807, 2.05) is 75.4 Å². The van der Waals surface area contributed by atoms with Crippen LogP contribution in [0.1, 0.15) is 54.5 Å². The molecule has 4 aromatic carbocycles. The van der Waals surface area contributed by atoms with Crippen molar-refractivity contribution in [2.24, 2.45) is 5.10 Å². The van der Waals surface area contributed by atoms with Gasteiger partial charge in [0.2, 0.25) is 0 Å². The van der Waals surface area contributed by atoms with E-state index in [4.69, 9.17) is 30.8 Å². The standard InChI is InChI=1S/C36H35BrClN3O4/c1-7-44-30-16-23(5)28(18-27(30)21(2)3)35-40-29-11-9-8-10-26(29)36(42)41(35)39-19-25-17-31(43-6)34(33(38)32(25)37)45-20-24-14-12-22(4)13-15-24/h8-19,21H,7,20H2,1-6H3. The van der Waals surface area contributed by atoms with Crippen molar-refractivity contribution in [1.29, 1.82) is 0 Å². The molecular formula is C36H35BrClN3O4. The fourth-order valence-electron chi connectivity index (χ4n) is 5.02. The van der Waals surface area contributed by atoms with Crippen LogP contribution in [0.4, 0.5) is 0 Å². The van der Waals surface area contributed by atoms with Crippen molar-refractivity contribution < 1.29 is 14.2 Å². The molecule has 0 amide bonds. The van der Waals surface area contributed by atoms with E-state index in [0.717, 1.165) is 28.0 Å². The highest BCUT2D eigenvalue weighted by Crippen LogP contribution is 2.42. The number of hydrogen-bond donors (Lipinski definition) is 0. The molecule has 0 atom stereocenters. The van der Waals surface area contributed by atoms with Crippen LogP contribution in [0.2, 0.25) is 5.02 Å². The van der Waals surface area contributed by atoms with Gasteiger partial charge < -0.3 is 14.2 Å². The molecule has 7 nitrogen and oxygen atoms in total. The molecule has 0 bridgehead atoms. The topological polar surface area (TPSA) is 74.9 Å². The van der Waals surface area contributed by atoms with Crippen LogP contribution in [-0.4, -0.2) is 29.6 Å². The van der Waals surface area contributed by atoms with Crippen LogP contribution >= 0.6 is 27.5 Å². The molecule has 0 radical (unpaired) electrons. The number of rotatable bonds is 10. The molecule has 0 aliphatic heterocycles. The van der Waals surface area contributed by atoms with E-state index >= 15 is 0 Å². The molecule has 0 N–H and O–H groups in total. The average Bonchev–Trinajstić information content (AvgIpc) is 3.02. The van der Waals surface area contributed by atoms with E-state index in [2.05, 4.69) is 34.9 Å². The third-order valence-corrected chi connectivity index (χ3v) is 8.91. The van der Waals surface area contributed by atoms with E-state index in [0.29, 0.717) is 56.5 Å². The molecule has 0 spiro atoms. The van der Waals surface area contributed by atoms with Crippen LogP contribution in [-0.2, 0) is 6.61 Å². The lowest BCUT2D eigenvalue weighted by Gasteiger charge is -2.18. The Balaban J connectivity index is 1.62. The van der Waals surface area contributed by atoms with Crippen LogP contribution in [0.25, 0.3) is 22.3 Å². The molecule has 45 heavy (non-hydrogen) atoms. The average molecular weight is 689 g/mol. The minimum atomic E-state index is -0.293. The zero-order valence-electron chi connectivity index (χ0n) is 26.2. The zero-order chi connectivity index (χ0) is 32.2. The third-order valence-electron chi connectivity index (χ3n) is 7.47. The molecule has 0 fully saturated rings. The minimum absolute atomic E-state index is 0.187. The van der Waals surface area contributed by atoms with Gasteiger partial charge in [0.15, 0.2) is 17.3 Å². The predicted molar refractivity (Wildman–Crippen MR) is 186 cm³/mol. The number of aromatic nitrogens is 2. The van der Waals surface area contributed by atoms with E-state index in [1.165, 1.54) is 10.2 Å². The van der Waals surface area contributed by atoms with Gasteiger partial charge in [-0.2, -0.15) is 9.78 Å². The van der Waals surface area contributed by atoms with Gasteiger partial charge in [0, 0.05) is 15.6 Å². The normalized spacial score (nSPS) is 11.5. The highest BCUT2D eigenvalue weighted by atomic mass is 79.9. The van der Waals surface area contributed by atoms with Crippen LogP contribution in [0, 0.1) is 13.8 Å². The Hall–Kier alpha value is -4.14. The first kappa shape index (κ1) is 32.3. The Kier molecular flexibility index (Phi) is 9.95. The maximum atomic E-state index is 13.9. The van der Waals surface area contributed by atoms with Crippen molar-refractivity contribution >= 4 is 44.6 Å². The number of fused-ring (bicyclic) bond motifs is 1. The SMILES string of the molecule is CCOc1cc(C)c(-c2nc3ccccc3c(=O)n2N=Cc2cc(OC)c(OCc3ccc(C)cc3)c(Cl)c2Br)cc1C(C)C. The van der Waals surface area contributed by atoms with Crippen molar-refractivity contribution in [2.45, 2.75) is 47.1 Å². The van der Waals surface area contributed by atoms with E-state index in [-0.39, 0.29) is 11.5 Å². The molecule has 0 unspecified atom stereocenters. The van der Waals surface area contributed by atoms with Gasteiger partial charge in [-0.1, -0.05) is 67.4 Å². The second-order valence-electron chi connectivity index (χ2n) is 11.0. The smallest absolute Gasteiger partial charge is 0.282 e. The summed E-state index contributed by atoms with van der Waals surface area (Å²) in [7, 11) is 1.55. The van der Waals surface area contributed by atoms with Crippen LogP contribution in [0.5, 0.6) is 17.2 Å². The molecule has 5 aromatic rings. The number of nitrogens with zero attached hydrogens (tertiary/aromatic N) is 3. The Morgan fingerprint density at radius 2 is 1.76 bits per heavy atom. The Morgan fingerprint density at radius 3 is 2.44 bits per heavy atom. The van der Waals surface area contributed by atoms with Crippen molar-refractivity contribution in [2.75, 3.05) is 13.7 Å². The fraction of sp³-hybridized carbons (Fsp3) is 0.250. The fourth-order valence-corrected chi connectivity index (χ4v) is 5.67. The van der Waals surface area contributed by atoms with Crippen molar-refractivity contribution in [3.8, 4) is 28.6 Å². The maximum Gasteiger partial charge on any atom is 0.282 e. The van der Waals surface area contributed by atoms with Crippen LogP contribution in [0.15, 0.2) is 81.1 Å². The summed E-state index contributed by atoms with van der Waals surface area (Å²) in [5.74, 6) is 2.27. The monoisotopic (exact) mass is 687 g/mol. The number of hydrogen-bond acceptors (Lipinski definition) is 6. The second-order valence-corrected chi connectivity index (χ2v) is 12.2. The van der Waals surface area contributed by atoms with Gasteiger partial charge in [-0.05, 0) is 89.6 Å². The molecule has 1 heterocycles. The Bertz CT molecular complexity index is 1950. The summed E-state index contributed by atoms with van der Waals surface area (Å²) in [6.07, 6.45) is 1.57. The lowest BCUT2D eigenvalue weighted by Crippen LogP contribution is -2.21. The largest absolute Gasteiger partial charge is 0.494 e. The van der Waals surface area contributed by atoms with E-state index in [9.17, 15) is 4.79 Å². The van der Waals surface area contributed by atoms with Gasteiger partial charge in [0.1, 0.15) is 17.4 Å². The summed E-state index contributed by atoms with van der Waals surface area (Å²) in [5.41, 5.74) is 5.78. The first-order valence-corrected chi connectivity index (χ1v) is 15.9. The number of halogens is 2. The zero-order valence-corrected chi connectivity index (χ0v) is 28.5. The Labute approximate surface area is 276 Å². The van der Waals surface area contributed by atoms with Gasteiger partial charge in [-0.25, -0.2) is 4.98 Å². The van der Waals surface area contributed by atoms with Gasteiger partial charge >= 0.3 is 0 Å². The summed E-state index contributed by atoms with van der Waals surface area (Å²) < 4.78 is 19.6. The summed E-state index contributed by atoms with van der Waals surface area (Å²) in [4.78, 5) is 18.8. The predicted octanol–water partition coefficient (Wildman–Crippen LogP) is 9.09. The van der Waals surface area contributed by atoms with Gasteiger partial charge in [0.05, 0.1) is 30.8 Å². The molecule has 232 valence electrons. The first-order valence-electron chi connectivity index (χ1n) is 14.7. The minimum Gasteiger partial charge on any atom is -0.494 e. The summed E-state index contributed by atoms with van der Waals surface area (Å²) >= 11 is 10.4. The lowest BCUT2D eigenvalue weighted by atomic mass is 9.96. The maximum absolute atomic E-state index is 13.9. The molecule has 0 aliphatic rings. The second kappa shape index (κ2) is 13.9. The number of methoxy groups -OCH3 is 1. The van der Waals surface area contributed by atoms with Gasteiger partial charge in [0.25, 0.3) is 5.56 Å². The number of benzene rings is 4. The molecule has 5 rings (SSSR count). The highest BCUT2D eigenvalue weighted by Gasteiger charge is 2.20. The third kappa shape index (κ3) is 6.77. The summed E-state index contributed by atoms with van der Waals surface area (Å²) in [6, 6.07) is 21.2. The van der Waals surface area contributed by atoms with Crippen molar-refractivity contribution in [1.82, 2.24) is 9.66 Å². The van der Waals surface area contributed by atoms with Gasteiger partial charge in [-0.3, -0.25) is 4.79 Å². The van der Waals surface area contributed by atoms with E-state index in [1.54, 1.807) is 25.5 Å². The van der Waals surface area contributed by atoms with Crippen LogP contribution < -0.4 is 19.8 Å². The Morgan fingerprint density at radius 1 is 1.02 bits per heavy atom. The van der Waals surface area contributed by atoms with Crippen molar-refractivity contribution in [3.05, 3.63) is 114 Å². The van der Waals surface area contributed by atoms with E-state index < -0.39 is 0 Å². The quantitative estimate of drug-likeness (QED) is 0.137. The first-order chi connectivity index (χ1) is 21.6. The molecule has 1 aromatic heterocycles. The molecule has 9 heteroatoms. The molecule has 0 saturated carbocycles. The summed E-state index contributed by atoms with van der Waals surface area (Å²) in [6.45, 7) is 11.1. The molecule has 0 saturated heterocycles. The van der Waals surface area contributed by atoms with Crippen molar-refractivity contribution in [3.63, 3.8) is 0 Å². The molecular weight excluding hydrogens is 654 g/mol. The highest BCUT2D eigenvalue weighted by molar-refractivity contribution is 9.10. The number of para-hydroxylation sites is 1. The van der Waals surface area contributed by atoms with Crippen LogP contribution in [0.3, 0.4) is 0 Å². The number of aryl methyl sites for hydroxylation is 2.